The van der Waals surface area contributed by atoms with Crippen LogP contribution in [-0.2, 0) is 9.47 Å². The van der Waals surface area contributed by atoms with Gasteiger partial charge in [-0.1, -0.05) is 0 Å². The van der Waals surface area contributed by atoms with E-state index in [1.165, 1.54) is 11.0 Å². The number of nitrogens with zero attached hydrogens (tertiary/aromatic N) is 4. The number of piperazine rings is 1. The molecule has 2 fully saturated rings. The Balaban J connectivity index is 1.59. The average Bonchev–Trinajstić information content (AvgIpc) is 3.12. The van der Waals surface area contributed by atoms with E-state index in [1.54, 1.807) is 28.9 Å². The summed E-state index contributed by atoms with van der Waals surface area (Å²) in [6.45, 7) is 4.69. The number of hydrogen-bond donors (Lipinski definition) is 1. The second-order valence-electron chi connectivity index (χ2n) is 7.51. The van der Waals surface area contributed by atoms with Gasteiger partial charge in [-0.05, 0) is 37.3 Å². The normalized spacial score (nSPS) is 18.6. The molecule has 2 saturated heterocycles. The van der Waals surface area contributed by atoms with Gasteiger partial charge in [-0.3, -0.25) is 4.90 Å². The van der Waals surface area contributed by atoms with Crippen molar-refractivity contribution in [2.24, 2.45) is 0 Å². The molecule has 3 rings (SSSR count). The first-order valence-electron chi connectivity index (χ1n) is 10.2. The summed E-state index contributed by atoms with van der Waals surface area (Å²) < 4.78 is 25.2. The largest absolute Gasteiger partial charge is 0.450 e. The highest BCUT2D eigenvalue weighted by Crippen LogP contribution is 2.28. The lowest BCUT2D eigenvalue weighted by Crippen LogP contribution is -2.49. The molecule has 2 amide bonds. The maximum absolute atomic E-state index is 14.9. The second kappa shape index (κ2) is 9.99. The Morgan fingerprint density at radius 3 is 2.65 bits per heavy atom. The third-order valence-electron chi connectivity index (χ3n) is 5.15. The number of amides is 2. The zero-order valence-corrected chi connectivity index (χ0v) is 18.8. The van der Waals surface area contributed by atoms with Crippen LogP contribution in [0.1, 0.15) is 6.92 Å². The number of carbonyl (C=O) groups is 2. The van der Waals surface area contributed by atoms with Gasteiger partial charge < -0.3 is 29.5 Å². The van der Waals surface area contributed by atoms with Gasteiger partial charge in [-0.15, -0.1) is 0 Å². The van der Waals surface area contributed by atoms with Crippen LogP contribution in [0.15, 0.2) is 18.2 Å². The van der Waals surface area contributed by atoms with Crippen molar-refractivity contribution >= 4 is 40.9 Å². The van der Waals surface area contributed by atoms with Crippen LogP contribution in [0, 0.1) is 5.82 Å². The Kier molecular flexibility index (Phi) is 7.37. The number of nitrogens with one attached hydrogen (secondary N) is 1. The minimum atomic E-state index is -0.516. The number of rotatable bonds is 5. The Labute approximate surface area is 186 Å². The molecule has 1 atom stereocenters. The number of halogens is 1. The van der Waals surface area contributed by atoms with Gasteiger partial charge in [0.05, 0.1) is 31.1 Å². The molecule has 1 aromatic carbocycles. The fourth-order valence-electron chi connectivity index (χ4n) is 3.46. The maximum Gasteiger partial charge on any atom is 0.414 e. The van der Waals surface area contributed by atoms with Crippen molar-refractivity contribution in [1.82, 2.24) is 15.1 Å². The fourth-order valence-corrected chi connectivity index (χ4v) is 3.55. The predicted octanol–water partition coefficient (Wildman–Crippen LogP) is 1.87. The molecular formula is C20H28FN5O4S. The summed E-state index contributed by atoms with van der Waals surface area (Å²) in [7, 11) is 3.65. The molecule has 1 aromatic rings. The van der Waals surface area contributed by atoms with E-state index in [1.807, 2.05) is 19.0 Å². The third-order valence-corrected chi connectivity index (χ3v) is 5.66. The lowest BCUT2D eigenvalue weighted by molar-refractivity contribution is 0.105. The summed E-state index contributed by atoms with van der Waals surface area (Å²) in [5.41, 5.74) is 0.878. The van der Waals surface area contributed by atoms with E-state index < -0.39 is 11.9 Å². The fraction of sp³-hybridized carbons (Fsp3) is 0.550. The lowest BCUT2D eigenvalue weighted by atomic mass is 10.2. The molecule has 0 bridgehead atoms. The molecule has 0 spiro atoms. The molecule has 31 heavy (non-hydrogen) atoms. The Morgan fingerprint density at radius 1 is 1.32 bits per heavy atom. The minimum absolute atomic E-state index is 0.304. The molecule has 0 saturated carbocycles. The summed E-state index contributed by atoms with van der Waals surface area (Å²) in [5.74, 6) is -0.426. The zero-order valence-electron chi connectivity index (χ0n) is 18.0. The Morgan fingerprint density at radius 2 is 2.03 bits per heavy atom. The van der Waals surface area contributed by atoms with Crippen LogP contribution >= 0.6 is 12.2 Å². The first-order valence-corrected chi connectivity index (χ1v) is 10.6. The molecule has 11 heteroatoms. The van der Waals surface area contributed by atoms with E-state index in [4.69, 9.17) is 21.7 Å². The molecule has 1 unspecified atom stereocenters. The van der Waals surface area contributed by atoms with Gasteiger partial charge in [0, 0.05) is 40.3 Å². The zero-order chi connectivity index (χ0) is 22.5. The topological polar surface area (TPSA) is 77.6 Å². The van der Waals surface area contributed by atoms with E-state index in [0.29, 0.717) is 62.4 Å². The van der Waals surface area contributed by atoms with Gasteiger partial charge in [0.15, 0.2) is 5.11 Å². The SMILES string of the molecule is CCOC(=O)N1CCN(c2ccc(N3CC(CNC(=S)N(C)C)OC3=O)cc2F)CC1. The van der Waals surface area contributed by atoms with Crippen molar-refractivity contribution < 1.29 is 23.5 Å². The molecule has 2 heterocycles. The number of anilines is 2. The molecule has 0 aromatic heterocycles. The van der Waals surface area contributed by atoms with Crippen molar-refractivity contribution in [3.8, 4) is 0 Å². The quantitative estimate of drug-likeness (QED) is 0.677. The highest BCUT2D eigenvalue weighted by atomic mass is 32.1. The van der Waals surface area contributed by atoms with Gasteiger partial charge in [-0.25, -0.2) is 14.0 Å². The summed E-state index contributed by atoms with van der Waals surface area (Å²) in [6, 6.07) is 4.71. The highest BCUT2D eigenvalue weighted by Gasteiger charge is 2.33. The van der Waals surface area contributed by atoms with Gasteiger partial charge >= 0.3 is 12.2 Å². The smallest absolute Gasteiger partial charge is 0.414 e. The number of benzene rings is 1. The van der Waals surface area contributed by atoms with Gasteiger partial charge in [0.2, 0.25) is 0 Å². The number of ether oxygens (including phenoxy) is 2. The predicted molar refractivity (Wildman–Crippen MR) is 119 cm³/mol. The second-order valence-corrected chi connectivity index (χ2v) is 7.89. The van der Waals surface area contributed by atoms with Crippen LogP contribution in [0.3, 0.4) is 0 Å². The van der Waals surface area contributed by atoms with E-state index >= 15 is 0 Å². The molecule has 2 aliphatic heterocycles. The number of carbonyl (C=O) groups excluding carboxylic acids is 2. The molecular weight excluding hydrogens is 425 g/mol. The van der Waals surface area contributed by atoms with E-state index in [-0.39, 0.29) is 12.2 Å². The van der Waals surface area contributed by atoms with Crippen LogP contribution in [0.4, 0.5) is 25.4 Å². The Bertz CT molecular complexity index is 832. The lowest BCUT2D eigenvalue weighted by Gasteiger charge is -2.35. The first-order chi connectivity index (χ1) is 14.8. The van der Waals surface area contributed by atoms with Crippen molar-refractivity contribution in [2.45, 2.75) is 13.0 Å². The van der Waals surface area contributed by atoms with Gasteiger partial charge in [0.1, 0.15) is 11.9 Å². The molecule has 1 N–H and O–H groups in total. The van der Waals surface area contributed by atoms with Crippen molar-refractivity contribution in [1.29, 1.82) is 0 Å². The average molecular weight is 454 g/mol. The third kappa shape index (κ3) is 5.46. The summed E-state index contributed by atoms with van der Waals surface area (Å²) >= 11 is 5.17. The number of thiocarbonyl (C=S) groups is 1. The van der Waals surface area contributed by atoms with E-state index in [0.717, 1.165) is 0 Å². The van der Waals surface area contributed by atoms with Crippen LogP contribution < -0.4 is 15.1 Å². The summed E-state index contributed by atoms with van der Waals surface area (Å²) in [5, 5.41) is 3.58. The van der Waals surface area contributed by atoms with Crippen molar-refractivity contribution in [3.63, 3.8) is 0 Å². The van der Waals surface area contributed by atoms with E-state index in [2.05, 4.69) is 5.32 Å². The standard InChI is InChI=1S/C20H28FN5O4S/c1-4-29-19(27)25-9-7-24(8-10-25)17-6-5-14(11-16(17)21)26-13-15(30-20(26)28)12-22-18(31)23(2)3/h5-6,11,15H,4,7-10,12-13H2,1-3H3,(H,22,31). The number of cyclic esters (lactones) is 1. The molecule has 170 valence electrons. The number of hydrogen-bond acceptors (Lipinski definition) is 6. The summed E-state index contributed by atoms with van der Waals surface area (Å²) in [4.78, 5) is 30.7. The van der Waals surface area contributed by atoms with Crippen LogP contribution in [-0.4, -0.2) is 93.2 Å². The molecule has 0 aliphatic carbocycles. The van der Waals surface area contributed by atoms with Crippen LogP contribution in [0.5, 0.6) is 0 Å². The summed E-state index contributed by atoms with van der Waals surface area (Å²) in [6.07, 6.45) is -1.25. The highest BCUT2D eigenvalue weighted by molar-refractivity contribution is 7.80. The minimum Gasteiger partial charge on any atom is -0.450 e. The van der Waals surface area contributed by atoms with Crippen LogP contribution in [0.2, 0.25) is 0 Å². The maximum atomic E-state index is 14.9. The first kappa shape index (κ1) is 22.9. The monoisotopic (exact) mass is 453 g/mol. The van der Waals surface area contributed by atoms with Crippen LogP contribution in [0.25, 0.3) is 0 Å². The molecule has 2 aliphatic rings. The molecule has 9 nitrogen and oxygen atoms in total. The van der Waals surface area contributed by atoms with Crippen molar-refractivity contribution in [3.05, 3.63) is 24.0 Å². The van der Waals surface area contributed by atoms with E-state index in [9.17, 15) is 14.0 Å². The Hall–Kier alpha value is -2.82. The van der Waals surface area contributed by atoms with Gasteiger partial charge in [-0.2, -0.15) is 0 Å². The van der Waals surface area contributed by atoms with Crippen molar-refractivity contribution in [2.75, 3.05) is 69.8 Å². The van der Waals surface area contributed by atoms with Gasteiger partial charge in [0.25, 0.3) is 0 Å². The molecule has 0 radical (unpaired) electrons.